The predicted octanol–water partition coefficient (Wildman–Crippen LogP) is 3.00. The molecule has 128 valence electrons. The second kappa shape index (κ2) is 7.85. The zero-order valence-corrected chi connectivity index (χ0v) is 14.7. The minimum atomic E-state index is -1.17. The first-order valence-corrected chi connectivity index (χ1v) is 7.59. The van der Waals surface area contributed by atoms with Crippen LogP contribution in [0.4, 0.5) is 5.69 Å². The van der Waals surface area contributed by atoms with Crippen LogP contribution in [0.25, 0.3) is 0 Å². The number of benzene rings is 1. The molecule has 0 unspecified atom stereocenters. The highest BCUT2D eigenvalue weighted by Crippen LogP contribution is 2.22. The molecule has 2 N–H and O–H groups in total. The first-order chi connectivity index (χ1) is 10.7. The minimum Gasteiger partial charge on any atom is -0.497 e. The largest absolute Gasteiger partial charge is 0.497 e. The zero-order chi connectivity index (χ0) is 17.6. The molecule has 0 aliphatic rings. The second-order valence-electron chi connectivity index (χ2n) is 5.95. The van der Waals surface area contributed by atoms with E-state index in [9.17, 15) is 4.79 Å². The van der Waals surface area contributed by atoms with Crippen molar-refractivity contribution in [1.29, 1.82) is 0 Å². The molecule has 0 amide bonds. The lowest BCUT2D eigenvalue weighted by atomic mass is 9.99. The Morgan fingerprint density at radius 3 is 2.48 bits per heavy atom. The number of anilines is 1. The lowest BCUT2D eigenvalue weighted by molar-refractivity contribution is -0.167. The Labute approximate surface area is 137 Å². The fraction of sp³-hybridized carbons (Fsp3) is 0.529. The number of esters is 1. The number of nitrogen functional groups attached to an aromatic ring is 1. The number of carbonyl (C=O) groups excluding carboxylic acids is 1. The maximum Gasteiger partial charge on any atom is 0.352 e. The molecule has 0 aliphatic heterocycles. The summed E-state index contributed by atoms with van der Waals surface area (Å²) >= 11 is 0. The van der Waals surface area contributed by atoms with Gasteiger partial charge >= 0.3 is 5.97 Å². The molecule has 1 aromatic carbocycles. The lowest BCUT2D eigenvalue weighted by Gasteiger charge is -2.21. The van der Waals surface area contributed by atoms with Crippen molar-refractivity contribution in [2.24, 2.45) is 11.1 Å². The number of oxime groups is 1. The predicted molar refractivity (Wildman–Crippen MR) is 90.6 cm³/mol. The van der Waals surface area contributed by atoms with Crippen molar-refractivity contribution in [3.8, 4) is 5.75 Å². The third kappa shape index (κ3) is 5.16. The van der Waals surface area contributed by atoms with Crippen LogP contribution in [0.15, 0.2) is 23.4 Å². The highest BCUT2D eigenvalue weighted by atomic mass is 16.7. The number of nitrogens with zero attached hydrogens (tertiary/aromatic N) is 1. The molecule has 23 heavy (non-hydrogen) atoms. The van der Waals surface area contributed by atoms with Gasteiger partial charge in [-0.3, -0.25) is 0 Å². The zero-order valence-electron chi connectivity index (χ0n) is 14.7. The summed E-state index contributed by atoms with van der Waals surface area (Å²) in [6, 6.07) is 5.35. The van der Waals surface area contributed by atoms with E-state index in [1.54, 1.807) is 40.0 Å². The van der Waals surface area contributed by atoms with Crippen LogP contribution >= 0.6 is 0 Å². The van der Waals surface area contributed by atoms with Gasteiger partial charge in [0.15, 0.2) is 0 Å². The number of ether oxygens (including phenoxy) is 2. The number of nitrogens with two attached hydrogens (primary N) is 1. The molecule has 0 radical (unpaired) electrons. The molecule has 0 spiro atoms. The summed E-state index contributed by atoms with van der Waals surface area (Å²) in [4.78, 5) is 17.3. The highest BCUT2D eigenvalue weighted by molar-refractivity contribution is 6.02. The lowest BCUT2D eigenvalue weighted by Crippen LogP contribution is -2.35. The molecule has 6 heteroatoms. The molecule has 0 bridgehead atoms. The van der Waals surface area contributed by atoms with Crippen molar-refractivity contribution in [1.82, 2.24) is 0 Å². The average molecular weight is 322 g/mol. The van der Waals surface area contributed by atoms with E-state index in [4.69, 9.17) is 20.0 Å². The van der Waals surface area contributed by atoms with Gasteiger partial charge in [0.2, 0.25) is 5.60 Å². The molecule has 0 atom stereocenters. The molecule has 0 saturated heterocycles. The summed E-state index contributed by atoms with van der Waals surface area (Å²) in [6.45, 7) is 9.23. The van der Waals surface area contributed by atoms with E-state index in [2.05, 4.69) is 5.16 Å². The van der Waals surface area contributed by atoms with Gasteiger partial charge in [0, 0.05) is 17.3 Å². The number of methoxy groups -OCH3 is 1. The molecular formula is C17H26N2O4. The van der Waals surface area contributed by atoms with Crippen molar-refractivity contribution in [3.63, 3.8) is 0 Å². The fourth-order valence-electron chi connectivity index (χ4n) is 1.88. The maximum absolute atomic E-state index is 11.9. The van der Waals surface area contributed by atoms with Crippen LogP contribution in [0.5, 0.6) is 5.75 Å². The van der Waals surface area contributed by atoms with Crippen molar-refractivity contribution in [2.45, 2.75) is 40.2 Å². The second-order valence-corrected chi connectivity index (χ2v) is 5.95. The van der Waals surface area contributed by atoms with Crippen molar-refractivity contribution in [3.05, 3.63) is 23.8 Å². The van der Waals surface area contributed by atoms with Gasteiger partial charge in [-0.15, -0.1) is 0 Å². The quantitative estimate of drug-likeness (QED) is 0.361. The van der Waals surface area contributed by atoms with Crippen LogP contribution < -0.4 is 10.5 Å². The standard InChI is InChI=1S/C17H26N2O4/c1-7-22-16(20)17(4,5)23-19-15(11(2)3)12-8-13(18)10-14(9-12)21-6/h8-11H,7,18H2,1-6H3/b19-15+. The highest BCUT2D eigenvalue weighted by Gasteiger charge is 2.32. The van der Waals surface area contributed by atoms with Crippen molar-refractivity contribution < 1.29 is 19.1 Å². The molecule has 6 nitrogen and oxygen atoms in total. The fourth-order valence-corrected chi connectivity index (χ4v) is 1.88. The Kier molecular flexibility index (Phi) is 6.42. The van der Waals surface area contributed by atoms with Gasteiger partial charge in [-0.25, -0.2) is 4.79 Å². The Hall–Kier alpha value is -2.24. The number of carbonyl (C=O) groups is 1. The van der Waals surface area contributed by atoms with Gasteiger partial charge in [0.25, 0.3) is 0 Å². The van der Waals surface area contributed by atoms with Gasteiger partial charge in [-0.2, -0.15) is 0 Å². The van der Waals surface area contributed by atoms with E-state index in [-0.39, 0.29) is 5.92 Å². The van der Waals surface area contributed by atoms with Crippen LogP contribution in [0.1, 0.15) is 40.2 Å². The SMILES string of the molecule is CCOC(=O)C(C)(C)O/N=C(/c1cc(N)cc(OC)c1)C(C)C. The first-order valence-electron chi connectivity index (χ1n) is 7.59. The smallest absolute Gasteiger partial charge is 0.352 e. The van der Waals surface area contributed by atoms with Crippen LogP contribution in [0.3, 0.4) is 0 Å². The Bertz CT molecular complexity index is 580. The topological polar surface area (TPSA) is 83.1 Å². The minimum absolute atomic E-state index is 0.0690. The van der Waals surface area contributed by atoms with E-state index in [0.29, 0.717) is 23.8 Å². The van der Waals surface area contributed by atoms with Gasteiger partial charge in [-0.05, 0) is 38.8 Å². The number of rotatable bonds is 7. The summed E-state index contributed by atoms with van der Waals surface area (Å²) in [7, 11) is 1.57. The summed E-state index contributed by atoms with van der Waals surface area (Å²) in [5.41, 5.74) is 6.76. The summed E-state index contributed by atoms with van der Waals surface area (Å²) in [6.07, 6.45) is 0. The summed E-state index contributed by atoms with van der Waals surface area (Å²) < 4.78 is 10.2. The van der Waals surface area contributed by atoms with Gasteiger partial charge in [-0.1, -0.05) is 19.0 Å². The van der Waals surface area contributed by atoms with Crippen LogP contribution in [-0.4, -0.2) is 31.0 Å². The Balaban J connectivity index is 3.12. The van der Waals surface area contributed by atoms with E-state index < -0.39 is 11.6 Å². The molecule has 0 fully saturated rings. The first kappa shape index (κ1) is 18.8. The van der Waals surface area contributed by atoms with E-state index >= 15 is 0 Å². The maximum atomic E-state index is 11.9. The normalized spacial score (nSPS) is 12.2. The molecule has 0 heterocycles. The molecular weight excluding hydrogens is 296 g/mol. The van der Waals surface area contributed by atoms with E-state index in [1.165, 1.54) is 0 Å². The monoisotopic (exact) mass is 322 g/mol. The van der Waals surface area contributed by atoms with Crippen LogP contribution in [0.2, 0.25) is 0 Å². The molecule has 0 aliphatic carbocycles. The molecule has 1 aromatic rings. The third-order valence-electron chi connectivity index (χ3n) is 3.15. The van der Waals surface area contributed by atoms with Crippen molar-refractivity contribution in [2.75, 3.05) is 19.5 Å². The van der Waals surface area contributed by atoms with Gasteiger partial charge in [0.1, 0.15) is 5.75 Å². The third-order valence-corrected chi connectivity index (χ3v) is 3.15. The van der Waals surface area contributed by atoms with Gasteiger partial charge < -0.3 is 20.0 Å². The molecule has 0 aromatic heterocycles. The Morgan fingerprint density at radius 2 is 1.96 bits per heavy atom. The van der Waals surface area contributed by atoms with Crippen LogP contribution in [0, 0.1) is 5.92 Å². The van der Waals surface area contributed by atoms with E-state index in [0.717, 1.165) is 5.56 Å². The van der Waals surface area contributed by atoms with E-state index in [1.807, 2.05) is 19.9 Å². The summed E-state index contributed by atoms with van der Waals surface area (Å²) in [5, 5.41) is 4.19. The van der Waals surface area contributed by atoms with Gasteiger partial charge in [0.05, 0.1) is 19.4 Å². The molecule has 1 rings (SSSR count). The summed E-state index contributed by atoms with van der Waals surface area (Å²) in [5.74, 6) is 0.245. The number of hydrogen-bond acceptors (Lipinski definition) is 6. The molecule has 0 saturated carbocycles. The average Bonchev–Trinajstić information content (AvgIpc) is 2.46. The van der Waals surface area contributed by atoms with Crippen molar-refractivity contribution >= 4 is 17.4 Å². The number of hydrogen-bond donors (Lipinski definition) is 1. The Morgan fingerprint density at radius 1 is 1.30 bits per heavy atom. The van der Waals surface area contributed by atoms with Crippen LogP contribution in [-0.2, 0) is 14.4 Å².